The van der Waals surface area contributed by atoms with Crippen LogP contribution < -0.4 is 10.6 Å². The van der Waals surface area contributed by atoms with Crippen LogP contribution in [-0.2, 0) is 9.59 Å². The summed E-state index contributed by atoms with van der Waals surface area (Å²) in [6, 6.07) is 0.177. The molecule has 27 heavy (non-hydrogen) atoms. The van der Waals surface area contributed by atoms with Crippen molar-refractivity contribution in [1.82, 2.24) is 20.4 Å². The molecule has 1 aliphatic carbocycles. The number of hydrogen-bond acceptors (Lipinski definition) is 3. The van der Waals surface area contributed by atoms with Gasteiger partial charge in [0, 0.05) is 50.6 Å². The van der Waals surface area contributed by atoms with E-state index >= 15 is 0 Å². The molecule has 1 heterocycles. The van der Waals surface area contributed by atoms with Crippen LogP contribution in [0.3, 0.4) is 0 Å². The van der Waals surface area contributed by atoms with Crippen LogP contribution in [0.5, 0.6) is 0 Å². The zero-order valence-electron chi connectivity index (χ0n) is 17.2. The van der Waals surface area contributed by atoms with Crippen LogP contribution in [0.2, 0.25) is 0 Å². The Morgan fingerprint density at radius 1 is 0.926 bits per heavy atom. The molecule has 1 saturated heterocycles. The Morgan fingerprint density at radius 2 is 1.52 bits per heavy atom. The summed E-state index contributed by atoms with van der Waals surface area (Å²) in [7, 11) is 0. The van der Waals surface area contributed by atoms with Crippen LogP contribution in [0.4, 0.5) is 4.79 Å². The van der Waals surface area contributed by atoms with Gasteiger partial charge in [0.05, 0.1) is 0 Å². The Kier molecular flexibility index (Phi) is 7.92. The third-order valence-corrected chi connectivity index (χ3v) is 5.35. The molecule has 7 heteroatoms. The van der Waals surface area contributed by atoms with E-state index in [0.29, 0.717) is 51.6 Å². The van der Waals surface area contributed by atoms with Crippen molar-refractivity contribution in [2.75, 3.05) is 32.7 Å². The van der Waals surface area contributed by atoms with Gasteiger partial charge < -0.3 is 20.4 Å². The van der Waals surface area contributed by atoms with Crippen LogP contribution in [0.15, 0.2) is 0 Å². The molecule has 0 spiro atoms. The zero-order valence-corrected chi connectivity index (χ0v) is 17.2. The molecule has 0 unspecified atom stereocenters. The van der Waals surface area contributed by atoms with E-state index in [9.17, 15) is 14.4 Å². The van der Waals surface area contributed by atoms with E-state index in [1.165, 1.54) is 19.3 Å². The summed E-state index contributed by atoms with van der Waals surface area (Å²) in [5, 5.41) is 5.87. The zero-order chi connectivity index (χ0) is 19.9. The summed E-state index contributed by atoms with van der Waals surface area (Å²) in [6.07, 6.45) is 6.84. The van der Waals surface area contributed by atoms with Gasteiger partial charge in [0.2, 0.25) is 11.8 Å². The molecule has 1 saturated carbocycles. The maximum atomic E-state index is 12.3. The highest BCUT2D eigenvalue weighted by atomic mass is 16.2. The molecule has 0 atom stereocenters. The largest absolute Gasteiger partial charge is 0.339 e. The molecule has 0 radical (unpaired) electrons. The molecule has 2 N–H and O–H groups in total. The normalized spacial score (nSPS) is 18.9. The van der Waals surface area contributed by atoms with E-state index in [2.05, 4.69) is 10.6 Å². The Hall–Kier alpha value is -1.79. The molecule has 2 fully saturated rings. The molecule has 0 aromatic heterocycles. The predicted molar refractivity (Wildman–Crippen MR) is 105 cm³/mol. The van der Waals surface area contributed by atoms with Gasteiger partial charge in [-0.05, 0) is 19.3 Å². The molecule has 2 rings (SSSR count). The number of nitrogens with one attached hydrogen (secondary N) is 2. The SMILES string of the molecule is CC(C)(C)C(=O)N1CCN(C(=O)CCCNC(=O)NC2CCCCC2)CC1. The Morgan fingerprint density at radius 3 is 2.11 bits per heavy atom. The van der Waals surface area contributed by atoms with Crippen LogP contribution in [0.25, 0.3) is 0 Å². The second kappa shape index (κ2) is 9.95. The standard InChI is InChI=1S/C20H36N4O3/c1-20(2,3)18(26)24-14-12-23(13-15-24)17(25)10-7-11-21-19(27)22-16-8-5-4-6-9-16/h16H,4-15H2,1-3H3,(H2,21,22,27). The number of carbonyl (C=O) groups excluding carboxylic acids is 3. The van der Waals surface area contributed by atoms with Gasteiger partial charge in [0.15, 0.2) is 0 Å². The second-order valence-corrected chi connectivity index (χ2v) is 8.76. The average Bonchev–Trinajstić information content (AvgIpc) is 2.64. The van der Waals surface area contributed by atoms with Crippen molar-refractivity contribution in [3.8, 4) is 0 Å². The highest BCUT2D eigenvalue weighted by Crippen LogP contribution is 2.19. The lowest BCUT2D eigenvalue weighted by atomic mass is 9.94. The van der Waals surface area contributed by atoms with E-state index in [-0.39, 0.29) is 23.3 Å². The number of rotatable bonds is 5. The highest BCUT2D eigenvalue weighted by molar-refractivity contribution is 5.82. The van der Waals surface area contributed by atoms with Gasteiger partial charge >= 0.3 is 6.03 Å². The van der Waals surface area contributed by atoms with Crippen LogP contribution in [0, 0.1) is 5.41 Å². The molecule has 154 valence electrons. The lowest BCUT2D eigenvalue weighted by Gasteiger charge is -2.37. The van der Waals surface area contributed by atoms with Gasteiger partial charge in [0.1, 0.15) is 0 Å². The van der Waals surface area contributed by atoms with Gasteiger partial charge in [-0.25, -0.2) is 4.79 Å². The molecule has 0 bridgehead atoms. The summed E-state index contributed by atoms with van der Waals surface area (Å²) in [4.78, 5) is 40.2. The minimum Gasteiger partial charge on any atom is -0.339 e. The smallest absolute Gasteiger partial charge is 0.315 e. The van der Waals surface area contributed by atoms with E-state index in [1.54, 1.807) is 0 Å². The van der Waals surface area contributed by atoms with Crippen molar-refractivity contribution in [1.29, 1.82) is 0 Å². The Bertz CT molecular complexity index is 516. The second-order valence-electron chi connectivity index (χ2n) is 8.76. The van der Waals surface area contributed by atoms with Crippen LogP contribution >= 0.6 is 0 Å². The molecular formula is C20H36N4O3. The molecule has 0 aromatic rings. The van der Waals surface area contributed by atoms with Crippen molar-refractivity contribution in [2.45, 2.75) is 71.8 Å². The first-order valence-electron chi connectivity index (χ1n) is 10.4. The van der Waals surface area contributed by atoms with Gasteiger partial charge in [0.25, 0.3) is 0 Å². The first-order chi connectivity index (χ1) is 12.8. The summed E-state index contributed by atoms with van der Waals surface area (Å²) in [5.41, 5.74) is -0.379. The monoisotopic (exact) mass is 380 g/mol. The van der Waals surface area contributed by atoms with E-state index in [1.807, 2.05) is 30.6 Å². The first-order valence-corrected chi connectivity index (χ1v) is 10.4. The fraction of sp³-hybridized carbons (Fsp3) is 0.850. The molecular weight excluding hydrogens is 344 g/mol. The lowest BCUT2D eigenvalue weighted by Crippen LogP contribution is -2.53. The van der Waals surface area contributed by atoms with Gasteiger partial charge in [-0.1, -0.05) is 40.0 Å². The summed E-state index contributed by atoms with van der Waals surface area (Å²) in [5.74, 6) is 0.245. The molecule has 7 nitrogen and oxygen atoms in total. The molecule has 1 aliphatic heterocycles. The first kappa shape index (κ1) is 21.5. The van der Waals surface area contributed by atoms with Crippen molar-refractivity contribution in [3.05, 3.63) is 0 Å². The van der Waals surface area contributed by atoms with Gasteiger partial charge in [-0.3, -0.25) is 9.59 Å². The number of hydrogen-bond donors (Lipinski definition) is 2. The number of amides is 4. The molecule has 0 aromatic carbocycles. The minimum atomic E-state index is -0.379. The topological polar surface area (TPSA) is 81.8 Å². The van der Waals surface area contributed by atoms with Gasteiger partial charge in [-0.2, -0.15) is 0 Å². The van der Waals surface area contributed by atoms with E-state index in [0.717, 1.165) is 12.8 Å². The highest BCUT2D eigenvalue weighted by Gasteiger charge is 2.30. The average molecular weight is 381 g/mol. The Balaban J connectivity index is 1.58. The minimum absolute atomic E-state index is 0.104. The lowest BCUT2D eigenvalue weighted by molar-refractivity contribution is -0.144. The summed E-state index contributed by atoms with van der Waals surface area (Å²) >= 11 is 0. The number of nitrogens with zero attached hydrogens (tertiary/aromatic N) is 2. The maximum absolute atomic E-state index is 12.3. The molecule has 4 amide bonds. The summed E-state index contributed by atoms with van der Waals surface area (Å²) < 4.78 is 0. The van der Waals surface area contributed by atoms with Crippen LogP contribution in [-0.4, -0.2) is 66.4 Å². The van der Waals surface area contributed by atoms with Crippen LogP contribution in [0.1, 0.15) is 65.7 Å². The third-order valence-electron chi connectivity index (χ3n) is 5.35. The van der Waals surface area contributed by atoms with Crippen molar-refractivity contribution >= 4 is 17.8 Å². The van der Waals surface area contributed by atoms with E-state index in [4.69, 9.17) is 0 Å². The quantitative estimate of drug-likeness (QED) is 0.717. The fourth-order valence-electron chi connectivity index (χ4n) is 3.72. The predicted octanol–water partition coefficient (Wildman–Crippen LogP) is 2.12. The van der Waals surface area contributed by atoms with E-state index < -0.39 is 0 Å². The van der Waals surface area contributed by atoms with Gasteiger partial charge in [-0.15, -0.1) is 0 Å². The number of carbonyl (C=O) groups is 3. The number of urea groups is 1. The Labute approximate surface area is 163 Å². The molecule has 2 aliphatic rings. The van der Waals surface area contributed by atoms with Crippen molar-refractivity contribution in [3.63, 3.8) is 0 Å². The fourth-order valence-corrected chi connectivity index (χ4v) is 3.72. The van der Waals surface area contributed by atoms with Crippen molar-refractivity contribution < 1.29 is 14.4 Å². The van der Waals surface area contributed by atoms with Crippen molar-refractivity contribution in [2.24, 2.45) is 5.41 Å². The maximum Gasteiger partial charge on any atom is 0.315 e. The number of piperazine rings is 1. The third kappa shape index (κ3) is 7.03. The summed E-state index contributed by atoms with van der Waals surface area (Å²) in [6.45, 7) is 8.66.